The number of anilines is 1. The lowest BCUT2D eigenvalue weighted by Crippen LogP contribution is -2.29. The van der Waals surface area contributed by atoms with Crippen molar-refractivity contribution >= 4 is 33.8 Å². The molecule has 0 fully saturated rings. The maximum Gasteiger partial charge on any atom is 0.282 e. The second-order valence-electron chi connectivity index (χ2n) is 5.73. The predicted octanol–water partition coefficient (Wildman–Crippen LogP) is 4.69. The Bertz CT molecular complexity index is 981. The van der Waals surface area contributed by atoms with Gasteiger partial charge in [0.15, 0.2) is 6.04 Å². The number of aromatic nitrogens is 1. The molecular formula is C19H15N5OS. The largest absolute Gasteiger partial charge is 0.282 e. The fourth-order valence-corrected chi connectivity index (χ4v) is 3.34. The van der Waals surface area contributed by atoms with E-state index in [-0.39, 0.29) is 5.91 Å². The summed E-state index contributed by atoms with van der Waals surface area (Å²) in [6.07, 6.45) is 0. The van der Waals surface area contributed by atoms with Crippen LogP contribution in [-0.4, -0.2) is 22.6 Å². The van der Waals surface area contributed by atoms with Crippen LogP contribution < -0.4 is 5.01 Å². The number of amides is 1. The zero-order valence-electron chi connectivity index (χ0n) is 14.0. The van der Waals surface area contributed by atoms with Gasteiger partial charge in [0.1, 0.15) is 0 Å². The van der Waals surface area contributed by atoms with E-state index in [0.29, 0.717) is 16.5 Å². The van der Waals surface area contributed by atoms with E-state index in [4.69, 9.17) is 0 Å². The summed E-state index contributed by atoms with van der Waals surface area (Å²) in [7, 11) is 0. The van der Waals surface area contributed by atoms with Crippen LogP contribution in [0.15, 0.2) is 81.4 Å². The summed E-state index contributed by atoms with van der Waals surface area (Å²) < 4.78 is 0. The van der Waals surface area contributed by atoms with Gasteiger partial charge >= 0.3 is 0 Å². The topological polar surface area (TPSA) is 70.3 Å². The Hall–Kier alpha value is -3.19. The van der Waals surface area contributed by atoms with Crippen molar-refractivity contribution in [3.05, 3.63) is 66.0 Å². The van der Waals surface area contributed by atoms with E-state index in [9.17, 15) is 4.79 Å². The van der Waals surface area contributed by atoms with Gasteiger partial charge in [-0.3, -0.25) is 4.79 Å². The van der Waals surface area contributed by atoms with Gasteiger partial charge < -0.3 is 0 Å². The van der Waals surface area contributed by atoms with Crippen LogP contribution in [-0.2, 0) is 4.79 Å². The van der Waals surface area contributed by atoms with E-state index >= 15 is 0 Å². The molecule has 0 saturated carbocycles. The van der Waals surface area contributed by atoms with E-state index < -0.39 is 6.04 Å². The summed E-state index contributed by atoms with van der Waals surface area (Å²) in [4.78, 5) is 17.3. The van der Waals surface area contributed by atoms with Gasteiger partial charge in [-0.15, -0.1) is 11.3 Å². The fraction of sp³-hybridized carbons (Fsp3) is 0.105. The second kappa shape index (κ2) is 6.97. The Kier molecular flexibility index (Phi) is 4.37. The summed E-state index contributed by atoms with van der Waals surface area (Å²) in [5.74, 6) is -0.240. The van der Waals surface area contributed by atoms with Crippen molar-refractivity contribution in [1.29, 1.82) is 0 Å². The minimum absolute atomic E-state index is 0.240. The minimum atomic E-state index is -0.709. The average molecular weight is 361 g/mol. The number of benzene rings is 2. The SMILES string of the molecule is CC1=NN(c2nc(-c3ccccc3)cs2)C(=O)[C@H]1N=Nc1ccccc1. The van der Waals surface area contributed by atoms with Crippen LogP contribution in [0.4, 0.5) is 10.8 Å². The molecule has 0 saturated heterocycles. The molecule has 128 valence electrons. The smallest absolute Gasteiger partial charge is 0.269 e. The maximum atomic E-state index is 12.7. The standard InChI is InChI=1S/C19H15N5OS/c1-13-17(22-21-15-10-6-3-7-11-15)18(25)24(23-13)19-20-16(12-26-19)14-8-4-2-5-9-14/h2-12,17H,1H3/t17-/m0/s1. The molecule has 0 spiro atoms. The van der Waals surface area contributed by atoms with Crippen LogP contribution in [0.3, 0.4) is 0 Å². The highest BCUT2D eigenvalue weighted by atomic mass is 32.1. The molecule has 0 N–H and O–H groups in total. The molecule has 6 nitrogen and oxygen atoms in total. The van der Waals surface area contributed by atoms with Crippen molar-refractivity contribution in [1.82, 2.24) is 4.98 Å². The molecule has 0 aliphatic carbocycles. The first-order valence-electron chi connectivity index (χ1n) is 8.08. The molecule has 3 aromatic rings. The molecule has 2 aromatic carbocycles. The van der Waals surface area contributed by atoms with Gasteiger partial charge in [0, 0.05) is 10.9 Å². The molecule has 1 aliphatic rings. The number of hydrogen-bond donors (Lipinski definition) is 0. The van der Waals surface area contributed by atoms with Crippen LogP contribution in [0.2, 0.25) is 0 Å². The van der Waals surface area contributed by atoms with E-state index in [1.165, 1.54) is 16.3 Å². The predicted molar refractivity (Wildman–Crippen MR) is 103 cm³/mol. The third-order valence-electron chi connectivity index (χ3n) is 3.88. The van der Waals surface area contributed by atoms with Gasteiger partial charge in [-0.1, -0.05) is 48.5 Å². The Morgan fingerprint density at radius 2 is 1.73 bits per heavy atom. The highest BCUT2D eigenvalue weighted by Crippen LogP contribution is 2.30. The van der Waals surface area contributed by atoms with Crippen LogP contribution >= 0.6 is 11.3 Å². The monoisotopic (exact) mass is 361 g/mol. The summed E-state index contributed by atoms with van der Waals surface area (Å²) >= 11 is 1.38. The van der Waals surface area contributed by atoms with Gasteiger partial charge in [0.25, 0.3) is 5.91 Å². The van der Waals surface area contributed by atoms with E-state index in [2.05, 4.69) is 20.3 Å². The Morgan fingerprint density at radius 1 is 1.04 bits per heavy atom. The number of carbonyl (C=O) groups excluding carboxylic acids is 1. The molecule has 4 rings (SSSR count). The number of azo groups is 1. The van der Waals surface area contributed by atoms with Crippen molar-refractivity contribution in [2.45, 2.75) is 13.0 Å². The quantitative estimate of drug-likeness (QED) is 0.633. The summed E-state index contributed by atoms with van der Waals surface area (Å²) in [6.45, 7) is 1.78. The van der Waals surface area contributed by atoms with E-state index in [1.54, 1.807) is 6.92 Å². The van der Waals surface area contributed by atoms with Crippen LogP contribution in [0, 0.1) is 0 Å². The number of thiazole rings is 1. The molecule has 1 amide bonds. The Labute approximate surface area is 154 Å². The molecule has 0 bridgehead atoms. The number of nitrogens with zero attached hydrogens (tertiary/aromatic N) is 5. The lowest BCUT2D eigenvalue weighted by Gasteiger charge is -2.08. The lowest BCUT2D eigenvalue weighted by molar-refractivity contribution is -0.117. The molecule has 7 heteroatoms. The zero-order chi connectivity index (χ0) is 17.9. The second-order valence-corrected chi connectivity index (χ2v) is 6.56. The molecule has 0 unspecified atom stereocenters. The molecule has 1 aromatic heterocycles. The number of carbonyl (C=O) groups is 1. The van der Waals surface area contributed by atoms with Gasteiger partial charge in [0.2, 0.25) is 5.13 Å². The lowest BCUT2D eigenvalue weighted by atomic mass is 10.2. The van der Waals surface area contributed by atoms with Crippen LogP contribution in [0.25, 0.3) is 11.3 Å². The normalized spacial score (nSPS) is 17.1. The van der Waals surface area contributed by atoms with Crippen molar-refractivity contribution in [2.75, 3.05) is 5.01 Å². The van der Waals surface area contributed by atoms with Crippen LogP contribution in [0.1, 0.15) is 6.92 Å². The van der Waals surface area contributed by atoms with E-state index in [0.717, 1.165) is 11.3 Å². The van der Waals surface area contributed by atoms with Gasteiger partial charge in [-0.05, 0) is 19.1 Å². The minimum Gasteiger partial charge on any atom is -0.269 e. The van der Waals surface area contributed by atoms with Crippen molar-refractivity contribution in [3.8, 4) is 11.3 Å². The maximum absolute atomic E-state index is 12.7. The van der Waals surface area contributed by atoms with Crippen molar-refractivity contribution in [3.63, 3.8) is 0 Å². The molecule has 1 aliphatic heterocycles. The third-order valence-corrected chi connectivity index (χ3v) is 4.70. The van der Waals surface area contributed by atoms with Crippen LogP contribution in [0.5, 0.6) is 0 Å². The fourth-order valence-electron chi connectivity index (χ4n) is 2.55. The van der Waals surface area contributed by atoms with Gasteiger partial charge in [-0.25, -0.2) is 4.98 Å². The average Bonchev–Trinajstić information content (AvgIpc) is 3.27. The summed E-state index contributed by atoms with van der Waals surface area (Å²) in [5.41, 5.74) is 3.13. The first-order valence-corrected chi connectivity index (χ1v) is 8.96. The first-order chi connectivity index (χ1) is 12.7. The molecule has 1 atom stereocenters. The summed E-state index contributed by atoms with van der Waals surface area (Å²) in [6, 6.07) is 18.4. The molecule has 0 radical (unpaired) electrons. The molecule has 2 heterocycles. The Morgan fingerprint density at radius 3 is 2.46 bits per heavy atom. The van der Waals surface area contributed by atoms with Gasteiger partial charge in [-0.2, -0.15) is 20.3 Å². The third kappa shape index (κ3) is 3.16. The number of hydrogen-bond acceptors (Lipinski definition) is 6. The zero-order valence-corrected chi connectivity index (χ0v) is 14.8. The molecule has 26 heavy (non-hydrogen) atoms. The first kappa shape index (κ1) is 16.3. The van der Waals surface area contributed by atoms with Crippen molar-refractivity contribution in [2.24, 2.45) is 15.3 Å². The van der Waals surface area contributed by atoms with Gasteiger partial charge in [0.05, 0.1) is 17.1 Å². The number of hydrazone groups is 1. The van der Waals surface area contributed by atoms with Crippen molar-refractivity contribution < 1.29 is 4.79 Å². The Balaban J connectivity index is 1.55. The highest BCUT2D eigenvalue weighted by Gasteiger charge is 2.36. The summed E-state index contributed by atoms with van der Waals surface area (Å²) in [5, 5.41) is 16.4. The number of rotatable bonds is 4. The highest BCUT2D eigenvalue weighted by molar-refractivity contribution is 7.14. The molecular weight excluding hydrogens is 346 g/mol. The van der Waals surface area contributed by atoms with E-state index in [1.807, 2.05) is 66.0 Å².